The number of ether oxygens (including phenoxy) is 1. The molecule has 0 aliphatic carbocycles. The number of methoxy groups -OCH3 is 1. The topological polar surface area (TPSA) is 69.6 Å². The number of halogens is 1. The molecule has 0 saturated carbocycles. The Morgan fingerprint density at radius 1 is 1.10 bits per heavy atom. The molecule has 0 radical (unpaired) electrons. The van der Waals surface area contributed by atoms with Gasteiger partial charge in [-0.25, -0.2) is 4.79 Å². The van der Waals surface area contributed by atoms with Gasteiger partial charge < -0.3 is 9.15 Å². The number of aryl methyl sites for hydroxylation is 1. The minimum Gasteiger partial charge on any atom is -0.497 e. The number of benzene rings is 2. The maximum atomic E-state index is 12.0. The Morgan fingerprint density at radius 3 is 2.77 bits per heavy atom. The molecule has 3 heterocycles. The average molecular weight is 482 g/mol. The maximum absolute atomic E-state index is 12.0. The number of pyridine rings is 1. The highest BCUT2D eigenvalue weighted by atomic mass is 79.9. The van der Waals surface area contributed by atoms with Gasteiger partial charge in [0, 0.05) is 33.1 Å². The smallest absolute Gasteiger partial charge is 0.336 e. The standard InChI is InChI=1S/C22H16BrN3O3S/c1-12-7-20-24-25-22(26(20)18-10-15(28-2)4-6-16(12)18)30-11-13-8-21(27)29-19-9-14(23)3-5-17(13)19/h3-10H,11H2,1-2H3. The van der Waals surface area contributed by atoms with Crippen LogP contribution in [0.1, 0.15) is 11.1 Å². The van der Waals surface area contributed by atoms with Crippen LogP contribution in [0.4, 0.5) is 0 Å². The zero-order chi connectivity index (χ0) is 20.8. The Kier molecular flexibility index (Phi) is 4.75. The fourth-order valence-electron chi connectivity index (χ4n) is 3.59. The summed E-state index contributed by atoms with van der Waals surface area (Å²) in [7, 11) is 1.65. The minimum atomic E-state index is -0.367. The molecular formula is C22H16BrN3O3S. The highest BCUT2D eigenvalue weighted by Crippen LogP contribution is 2.31. The van der Waals surface area contributed by atoms with Gasteiger partial charge in [-0.15, -0.1) is 10.2 Å². The number of thioether (sulfide) groups is 1. The predicted octanol–water partition coefficient (Wildman–Crippen LogP) is 5.36. The number of nitrogens with zero attached hydrogens (tertiary/aromatic N) is 3. The fraction of sp³-hybridized carbons (Fsp3) is 0.136. The lowest BCUT2D eigenvalue weighted by Crippen LogP contribution is -2.00. The molecule has 5 aromatic rings. The van der Waals surface area contributed by atoms with E-state index in [0.29, 0.717) is 11.3 Å². The van der Waals surface area contributed by atoms with Crippen LogP contribution in [0.25, 0.3) is 27.5 Å². The van der Waals surface area contributed by atoms with E-state index in [2.05, 4.69) is 33.1 Å². The molecule has 0 aliphatic heterocycles. The molecule has 0 bridgehead atoms. The van der Waals surface area contributed by atoms with Gasteiger partial charge in [0.05, 0.1) is 12.6 Å². The summed E-state index contributed by atoms with van der Waals surface area (Å²) in [4.78, 5) is 12.0. The van der Waals surface area contributed by atoms with Gasteiger partial charge in [0.15, 0.2) is 10.8 Å². The van der Waals surface area contributed by atoms with Crippen LogP contribution in [0.2, 0.25) is 0 Å². The first kappa shape index (κ1) is 19.1. The lowest BCUT2D eigenvalue weighted by atomic mass is 10.1. The largest absolute Gasteiger partial charge is 0.497 e. The van der Waals surface area contributed by atoms with Crippen molar-refractivity contribution in [2.75, 3.05) is 7.11 Å². The van der Waals surface area contributed by atoms with Crippen LogP contribution in [-0.4, -0.2) is 21.7 Å². The molecule has 0 spiro atoms. The Labute approximate surface area is 184 Å². The second kappa shape index (κ2) is 7.45. The molecule has 0 unspecified atom stereocenters. The molecule has 0 amide bonds. The molecule has 0 saturated heterocycles. The Bertz CT molecular complexity index is 1490. The second-order valence-corrected chi connectivity index (χ2v) is 8.76. The molecule has 0 N–H and O–H groups in total. The minimum absolute atomic E-state index is 0.367. The molecule has 2 aromatic carbocycles. The predicted molar refractivity (Wildman–Crippen MR) is 122 cm³/mol. The van der Waals surface area contributed by atoms with Crippen LogP contribution >= 0.6 is 27.7 Å². The normalized spacial score (nSPS) is 11.6. The summed E-state index contributed by atoms with van der Waals surface area (Å²) in [5, 5.41) is 11.5. The van der Waals surface area contributed by atoms with E-state index < -0.39 is 0 Å². The van der Waals surface area contributed by atoms with E-state index in [4.69, 9.17) is 9.15 Å². The Balaban J connectivity index is 1.61. The Hall–Kier alpha value is -2.84. The summed E-state index contributed by atoms with van der Waals surface area (Å²) in [6, 6.07) is 15.2. The summed E-state index contributed by atoms with van der Waals surface area (Å²) in [6.07, 6.45) is 0. The van der Waals surface area contributed by atoms with Crippen molar-refractivity contribution in [1.29, 1.82) is 0 Å². The monoisotopic (exact) mass is 481 g/mol. The molecule has 0 aliphatic rings. The zero-order valence-corrected chi connectivity index (χ0v) is 18.6. The first-order valence-electron chi connectivity index (χ1n) is 9.21. The van der Waals surface area contributed by atoms with Crippen LogP contribution in [0.15, 0.2) is 67.4 Å². The van der Waals surface area contributed by atoms with Gasteiger partial charge in [-0.3, -0.25) is 4.40 Å². The van der Waals surface area contributed by atoms with Crippen LogP contribution in [0.3, 0.4) is 0 Å². The number of hydrogen-bond donors (Lipinski definition) is 0. The fourth-order valence-corrected chi connectivity index (χ4v) is 4.87. The Morgan fingerprint density at radius 2 is 1.93 bits per heavy atom. The van der Waals surface area contributed by atoms with Gasteiger partial charge in [-0.1, -0.05) is 27.7 Å². The van der Waals surface area contributed by atoms with E-state index in [1.165, 1.54) is 17.8 Å². The lowest BCUT2D eigenvalue weighted by molar-refractivity contribution is 0.415. The SMILES string of the molecule is COc1ccc2c(C)cc3nnc(SCc4cc(=O)oc5cc(Br)ccc45)n3c2c1. The molecule has 8 heteroatoms. The van der Waals surface area contributed by atoms with E-state index in [0.717, 1.165) is 48.4 Å². The molecule has 3 aromatic heterocycles. The van der Waals surface area contributed by atoms with Crippen molar-refractivity contribution in [3.05, 3.63) is 74.6 Å². The highest BCUT2D eigenvalue weighted by Gasteiger charge is 2.14. The van der Waals surface area contributed by atoms with E-state index in [1.54, 1.807) is 13.2 Å². The summed E-state index contributed by atoms with van der Waals surface area (Å²) < 4.78 is 13.7. The average Bonchev–Trinajstić information content (AvgIpc) is 3.14. The van der Waals surface area contributed by atoms with E-state index in [1.807, 2.05) is 40.8 Å². The summed E-state index contributed by atoms with van der Waals surface area (Å²) in [5.74, 6) is 1.33. The van der Waals surface area contributed by atoms with Gasteiger partial charge in [-0.2, -0.15) is 0 Å². The van der Waals surface area contributed by atoms with Crippen molar-refractivity contribution in [2.24, 2.45) is 0 Å². The van der Waals surface area contributed by atoms with E-state index in [-0.39, 0.29) is 5.63 Å². The summed E-state index contributed by atoms with van der Waals surface area (Å²) in [6.45, 7) is 2.06. The van der Waals surface area contributed by atoms with Crippen molar-refractivity contribution in [2.45, 2.75) is 17.8 Å². The number of rotatable bonds is 4. The van der Waals surface area contributed by atoms with Gasteiger partial charge >= 0.3 is 5.63 Å². The summed E-state index contributed by atoms with van der Waals surface area (Å²) in [5.41, 5.74) is 3.97. The number of fused-ring (bicyclic) bond motifs is 4. The third kappa shape index (κ3) is 3.26. The molecule has 0 atom stereocenters. The van der Waals surface area contributed by atoms with Crippen LogP contribution in [0, 0.1) is 6.92 Å². The molecule has 0 fully saturated rings. The first-order chi connectivity index (χ1) is 14.5. The van der Waals surface area contributed by atoms with Gasteiger partial charge in [0.25, 0.3) is 0 Å². The van der Waals surface area contributed by atoms with Crippen molar-refractivity contribution >= 4 is 55.2 Å². The first-order valence-corrected chi connectivity index (χ1v) is 11.0. The van der Waals surface area contributed by atoms with Gasteiger partial charge in [0.2, 0.25) is 0 Å². The molecule has 6 nitrogen and oxygen atoms in total. The van der Waals surface area contributed by atoms with Crippen molar-refractivity contribution < 1.29 is 9.15 Å². The quantitative estimate of drug-likeness (QED) is 0.254. The van der Waals surface area contributed by atoms with Crippen LogP contribution in [-0.2, 0) is 5.75 Å². The third-order valence-electron chi connectivity index (χ3n) is 5.02. The van der Waals surface area contributed by atoms with Crippen LogP contribution in [0.5, 0.6) is 5.75 Å². The third-order valence-corrected chi connectivity index (χ3v) is 6.49. The van der Waals surface area contributed by atoms with Gasteiger partial charge in [-0.05, 0) is 54.4 Å². The summed E-state index contributed by atoms with van der Waals surface area (Å²) >= 11 is 4.95. The molecule has 150 valence electrons. The van der Waals surface area contributed by atoms with Crippen molar-refractivity contribution in [1.82, 2.24) is 14.6 Å². The highest BCUT2D eigenvalue weighted by molar-refractivity contribution is 9.10. The van der Waals surface area contributed by atoms with Gasteiger partial charge in [0.1, 0.15) is 11.3 Å². The number of aromatic nitrogens is 3. The second-order valence-electron chi connectivity index (χ2n) is 6.91. The van der Waals surface area contributed by atoms with E-state index >= 15 is 0 Å². The molecule has 5 rings (SSSR count). The molecule has 30 heavy (non-hydrogen) atoms. The van der Waals surface area contributed by atoms with Crippen molar-refractivity contribution in [3.63, 3.8) is 0 Å². The zero-order valence-electron chi connectivity index (χ0n) is 16.2. The van der Waals surface area contributed by atoms with Crippen molar-refractivity contribution in [3.8, 4) is 5.75 Å². The lowest BCUT2D eigenvalue weighted by Gasteiger charge is -2.10. The molecular weight excluding hydrogens is 466 g/mol. The van der Waals surface area contributed by atoms with E-state index in [9.17, 15) is 4.79 Å². The number of hydrogen-bond acceptors (Lipinski definition) is 6. The maximum Gasteiger partial charge on any atom is 0.336 e. The van der Waals surface area contributed by atoms with Crippen LogP contribution < -0.4 is 10.4 Å².